The molecule has 0 aliphatic carbocycles. The molecule has 1 aromatic heterocycles. The molecule has 0 spiro atoms. The zero-order chi connectivity index (χ0) is 10.0. The molecule has 1 heterocycles. The molecular formula is C8H16N4O. The smallest absolute Gasteiger partial charge is 0.344 e. The number of nitrogens with one attached hydrogen (secondary N) is 2. The summed E-state index contributed by atoms with van der Waals surface area (Å²) in [4.78, 5) is 11.3. The maximum Gasteiger partial charge on any atom is 0.344 e. The van der Waals surface area contributed by atoms with Gasteiger partial charge in [-0.05, 0) is 27.7 Å². The molecule has 0 saturated heterocycles. The Morgan fingerprint density at radius 2 is 2.00 bits per heavy atom. The second-order valence-corrected chi connectivity index (χ2v) is 3.62. The maximum absolute atomic E-state index is 11.3. The Balaban J connectivity index is 3.01. The Hall–Kier alpha value is -1.26. The van der Waals surface area contributed by atoms with E-state index in [4.69, 9.17) is 0 Å². The third-order valence-corrected chi connectivity index (χ3v) is 1.64. The fourth-order valence-electron chi connectivity index (χ4n) is 1.14. The van der Waals surface area contributed by atoms with Gasteiger partial charge in [-0.1, -0.05) is 0 Å². The van der Waals surface area contributed by atoms with E-state index in [-0.39, 0.29) is 17.8 Å². The van der Waals surface area contributed by atoms with Crippen molar-refractivity contribution in [1.29, 1.82) is 0 Å². The minimum atomic E-state index is -0.168. The highest BCUT2D eigenvalue weighted by atomic mass is 16.1. The lowest BCUT2D eigenvalue weighted by molar-refractivity contribution is 0.581. The molecule has 0 atom stereocenters. The predicted molar refractivity (Wildman–Crippen MR) is 52.0 cm³/mol. The highest BCUT2D eigenvalue weighted by molar-refractivity contribution is 5.25. The van der Waals surface area contributed by atoms with Crippen LogP contribution < -0.4 is 11.0 Å². The molecule has 1 rings (SSSR count). The number of hydrogen-bond acceptors (Lipinski definition) is 3. The lowest BCUT2D eigenvalue weighted by atomic mass is 10.4. The first-order valence-electron chi connectivity index (χ1n) is 4.45. The minimum Gasteiger partial charge on any atom is -0.352 e. The van der Waals surface area contributed by atoms with Gasteiger partial charge in [-0.25, -0.2) is 9.89 Å². The molecule has 13 heavy (non-hydrogen) atoms. The molecule has 0 aliphatic rings. The van der Waals surface area contributed by atoms with Crippen LogP contribution in [0.1, 0.15) is 33.7 Å². The van der Waals surface area contributed by atoms with Gasteiger partial charge in [-0.15, -0.1) is 5.10 Å². The second kappa shape index (κ2) is 3.64. The number of nitrogens with zero attached hydrogens (tertiary/aromatic N) is 2. The molecular weight excluding hydrogens is 168 g/mol. The van der Waals surface area contributed by atoms with Crippen molar-refractivity contribution in [3.63, 3.8) is 0 Å². The summed E-state index contributed by atoms with van der Waals surface area (Å²) in [5.74, 6) is 0.606. The highest BCUT2D eigenvalue weighted by Gasteiger charge is 2.10. The van der Waals surface area contributed by atoms with Crippen molar-refractivity contribution >= 4 is 5.95 Å². The van der Waals surface area contributed by atoms with E-state index in [0.717, 1.165) is 0 Å². The Morgan fingerprint density at radius 1 is 1.38 bits per heavy atom. The lowest BCUT2D eigenvalue weighted by Gasteiger charge is -2.12. The number of aromatic amines is 1. The summed E-state index contributed by atoms with van der Waals surface area (Å²) in [5, 5.41) is 9.41. The van der Waals surface area contributed by atoms with Crippen LogP contribution in [0, 0.1) is 0 Å². The van der Waals surface area contributed by atoms with Crippen molar-refractivity contribution in [1.82, 2.24) is 14.8 Å². The quantitative estimate of drug-likeness (QED) is 0.735. The third kappa shape index (κ3) is 2.11. The van der Waals surface area contributed by atoms with Gasteiger partial charge in [0.05, 0.1) is 0 Å². The van der Waals surface area contributed by atoms with Crippen LogP contribution >= 0.6 is 0 Å². The fraction of sp³-hybridized carbons (Fsp3) is 0.750. The van der Waals surface area contributed by atoms with Crippen LogP contribution in [-0.2, 0) is 0 Å². The molecule has 0 radical (unpaired) electrons. The Labute approximate surface area is 77.2 Å². The average molecular weight is 184 g/mol. The number of rotatable bonds is 3. The SMILES string of the molecule is CC(C)Nc1n[nH]c(=O)n1C(C)C. The van der Waals surface area contributed by atoms with E-state index in [1.807, 2.05) is 27.7 Å². The van der Waals surface area contributed by atoms with Crippen molar-refractivity contribution in [3.8, 4) is 0 Å². The molecule has 0 aromatic carbocycles. The summed E-state index contributed by atoms with van der Waals surface area (Å²) in [7, 11) is 0. The lowest BCUT2D eigenvalue weighted by Crippen LogP contribution is -2.22. The normalized spacial score (nSPS) is 11.2. The first-order chi connectivity index (χ1) is 6.02. The first-order valence-corrected chi connectivity index (χ1v) is 4.45. The van der Waals surface area contributed by atoms with Gasteiger partial charge in [-0.3, -0.25) is 4.57 Å². The summed E-state index contributed by atoms with van der Waals surface area (Å²) in [6, 6.07) is 0.389. The van der Waals surface area contributed by atoms with E-state index in [1.165, 1.54) is 0 Å². The van der Waals surface area contributed by atoms with Gasteiger partial charge >= 0.3 is 5.69 Å². The van der Waals surface area contributed by atoms with Crippen LogP contribution in [0.5, 0.6) is 0 Å². The summed E-state index contributed by atoms with van der Waals surface area (Å²) in [6.07, 6.45) is 0. The van der Waals surface area contributed by atoms with Gasteiger partial charge in [0.15, 0.2) is 0 Å². The zero-order valence-electron chi connectivity index (χ0n) is 8.46. The Bertz CT molecular complexity index is 323. The van der Waals surface area contributed by atoms with E-state index in [9.17, 15) is 4.79 Å². The molecule has 5 heteroatoms. The van der Waals surface area contributed by atoms with E-state index in [2.05, 4.69) is 15.5 Å². The van der Waals surface area contributed by atoms with Crippen LogP contribution in [0.15, 0.2) is 4.79 Å². The van der Waals surface area contributed by atoms with Crippen molar-refractivity contribution in [2.45, 2.75) is 39.8 Å². The number of hydrogen-bond donors (Lipinski definition) is 2. The van der Waals surface area contributed by atoms with Gasteiger partial charge < -0.3 is 5.32 Å². The van der Waals surface area contributed by atoms with Gasteiger partial charge in [0.2, 0.25) is 5.95 Å². The van der Waals surface area contributed by atoms with E-state index < -0.39 is 0 Å². The van der Waals surface area contributed by atoms with Crippen molar-refractivity contribution in [3.05, 3.63) is 10.5 Å². The molecule has 0 bridgehead atoms. The monoisotopic (exact) mass is 184 g/mol. The van der Waals surface area contributed by atoms with Crippen LogP contribution in [0.4, 0.5) is 5.95 Å². The van der Waals surface area contributed by atoms with Crippen LogP contribution in [-0.4, -0.2) is 20.8 Å². The standard InChI is InChI=1S/C8H16N4O/c1-5(2)9-7-10-11-8(13)12(7)6(3)4/h5-6H,1-4H3,(H,9,10)(H,11,13). The molecule has 0 amide bonds. The van der Waals surface area contributed by atoms with Gasteiger partial charge in [-0.2, -0.15) is 0 Å². The maximum atomic E-state index is 11.3. The highest BCUT2D eigenvalue weighted by Crippen LogP contribution is 2.08. The molecule has 0 unspecified atom stereocenters. The van der Waals surface area contributed by atoms with Gasteiger partial charge in [0.1, 0.15) is 0 Å². The third-order valence-electron chi connectivity index (χ3n) is 1.64. The molecule has 0 fully saturated rings. The predicted octanol–water partition coefficient (Wildman–Crippen LogP) is 0.973. The molecule has 0 saturated carbocycles. The molecule has 0 aliphatic heterocycles. The molecule has 2 N–H and O–H groups in total. The summed E-state index contributed by atoms with van der Waals surface area (Å²) < 4.78 is 1.60. The van der Waals surface area contributed by atoms with Crippen LogP contribution in [0.2, 0.25) is 0 Å². The summed E-state index contributed by atoms with van der Waals surface area (Å²) in [5.41, 5.74) is -0.168. The Morgan fingerprint density at radius 3 is 2.46 bits per heavy atom. The number of anilines is 1. The molecule has 5 nitrogen and oxygen atoms in total. The number of H-pyrrole nitrogens is 1. The van der Waals surface area contributed by atoms with Crippen LogP contribution in [0.25, 0.3) is 0 Å². The molecule has 74 valence electrons. The fourth-order valence-corrected chi connectivity index (χ4v) is 1.14. The van der Waals surface area contributed by atoms with Crippen LogP contribution in [0.3, 0.4) is 0 Å². The van der Waals surface area contributed by atoms with E-state index in [1.54, 1.807) is 4.57 Å². The van der Waals surface area contributed by atoms with Gasteiger partial charge in [0.25, 0.3) is 0 Å². The van der Waals surface area contributed by atoms with Crippen molar-refractivity contribution in [2.75, 3.05) is 5.32 Å². The molecule has 1 aromatic rings. The Kier molecular flexibility index (Phi) is 2.75. The largest absolute Gasteiger partial charge is 0.352 e. The number of aromatic nitrogens is 3. The van der Waals surface area contributed by atoms with E-state index in [0.29, 0.717) is 5.95 Å². The van der Waals surface area contributed by atoms with Gasteiger partial charge in [0, 0.05) is 12.1 Å². The summed E-state index contributed by atoms with van der Waals surface area (Å²) in [6.45, 7) is 7.90. The average Bonchev–Trinajstić information content (AvgIpc) is 2.30. The first kappa shape index (κ1) is 9.83. The van der Waals surface area contributed by atoms with Crippen molar-refractivity contribution < 1.29 is 0 Å². The second-order valence-electron chi connectivity index (χ2n) is 3.62. The topological polar surface area (TPSA) is 62.7 Å². The zero-order valence-corrected chi connectivity index (χ0v) is 8.46. The summed E-state index contributed by atoms with van der Waals surface area (Å²) >= 11 is 0. The van der Waals surface area contributed by atoms with Crippen molar-refractivity contribution in [2.24, 2.45) is 0 Å². The minimum absolute atomic E-state index is 0.118. The van der Waals surface area contributed by atoms with E-state index >= 15 is 0 Å².